The van der Waals surface area contributed by atoms with Crippen molar-refractivity contribution in [3.05, 3.63) is 254 Å². The van der Waals surface area contributed by atoms with Crippen LogP contribution in [0, 0.1) is 0 Å². The van der Waals surface area contributed by atoms with Crippen LogP contribution in [-0.2, 0) is 12.8 Å². The fraction of sp³-hybridized carbons (Fsp3) is 0.0333. The van der Waals surface area contributed by atoms with Gasteiger partial charge in [0.25, 0.3) is 11.1 Å². The van der Waals surface area contributed by atoms with E-state index in [0.717, 1.165) is 66.3 Å². The first kappa shape index (κ1) is 43.0. The molecule has 0 saturated carbocycles. The minimum atomic E-state index is -1.46. The molecule has 4 aromatic heterocycles. The van der Waals surface area contributed by atoms with Gasteiger partial charge in [-0.15, -0.1) is 0 Å². The number of hydrogen-bond donors (Lipinski definition) is 4. The lowest BCUT2D eigenvalue weighted by molar-refractivity contribution is 0.426. The first-order valence-corrected chi connectivity index (χ1v) is 24.0. The molecule has 8 nitrogen and oxygen atoms in total. The van der Waals surface area contributed by atoms with Crippen molar-refractivity contribution in [2.75, 3.05) is 0 Å². The van der Waals surface area contributed by atoms with Crippen molar-refractivity contribution in [3.8, 4) is 44.8 Å². The third-order valence-electron chi connectivity index (χ3n) is 13.7. The molecule has 0 fully saturated rings. The minimum absolute atomic E-state index is 0.0102. The van der Waals surface area contributed by atoms with Crippen molar-refractivity contribution in [1.82, 2.24) is 19.1 Å². The van der Waals surface area contributed by atoms with Crippen molar-refractivity contribution in [2.24, 2.45) is 0 Å². The third-order valence-corrected chi connectivity index (χ3v) is 14.3. The lowest BCUT2D eigenvalue weighted by atomic mass is 9.80. The Morgan fingerprint density at radius 1 is 0.443 bits per heavy atom. The van der Waals surface area contributed by atoms with Crippen molar-refractivity contribution >= 4 is 72.1 Å². The Kier molecular flexibility index (Phi) is 10.9. The summed E-state index contributed by atoms with van der Waals surface area (Å²) in [7, 11) is -1.46. The summed E-state index contributed by atoms with van der Waals surface area (Å²) in [6.45, 7) is 0. The summed E-state index contributed by atoms with van der Waals surface area (Å²) in [5, 5.41) is 23.4. The van der Waals surface area contributed by atoms with Gasteiger partial charge in [0.05, 0.1) is 22.1 Å². The van der Waals surface area contributed by atoms with Crippen molar-refractivity contribution < 1.29 is 10.0 Å². The highest BCUT2D eigenvalue weighted by Crippen LogP contribution is 2.44. The largest absolute Gasteiger partial charge is 0.488 e. The van der Waals surface area contributed by atoms with Crippen LogP contribution in [0.15, 0.2) is 221 Å². The summed E-state index contributed by atoms with van der Waals surface area (Å²) < 4.78 is 5.58. The van der Waals surface area contributed by atoms with E-state index < -0.39 is 7.12 Å². The summed E-state index contributed by atoms with van der Waals surface area (Å²) in [5.41, 5.74) is 18.3. The van der Waals surface area contributed by atoms with Gasteiger partial charge in [0.1, 0.15) is 0 Å². The van der Waals surface area contributed by atoms with E-state index in [1.807, 2.05) is 72.8 Å². The molecule has 0 saturated heterocycles. The number of rotatable bonds is 4. The fourth-order valence-electron chi connectivity index (χ4n) is 10.5. The number of para-hydroxylation sites is 4. The van der Waals surface area contributed by atoms with Crippen LogP contribution in [0.5, 0.6) is 0 Å². The van der Waals surface area contributed by atoms with Gasteiger partial charge in [-0.3, -0.25) is 9.59 Å². The zero-order valence-electron chi connectivity index (χ0n) is 37.6. The van der Waals surface area contributed by atoms with Gasteiger partial charge in [0.2, 0.25) is 0 Å². The van der Waals surface area contributed by atoms with Gasteiger partial charge in [-0.1, -0.05) is 137 Å². The average Bonchev–Trinajstić information content (AvgIpc) is 4.16. The van der Waals surface area contributed by atoms with E-state index in [2.05, 4.69) is 150 Å². The van der Waals surface area contributed by atoms with Crippen LogP contribution in [0.4, 0.5) is 0 Å². The Labute approximate surface area is 410 Å². The van der Waals surface area contributed by atoms with Gasteiger partial charge < -0.3 is 29.2 Å². The van der Waals surface area contributed by atoms with Crippen LogP contribution in [0.3, 0.4) is 0 Å². The molecule has 4 N–H and O–H groups in total. The van der Waals surface area contributed by atoms with Gasteiger partial charge in [0.15, 0.2) is 0 Å². The summed E-state index contributed by atoms with van der Waals surface area (Å²) in [4.78, 5) is 29.6. The third kappa shape index (κ3) is 7.32. The second-order valence-electron chi connectivity index (χ2n) is 17.6. The van der Waals surface area contributed by atoms with Crippen molar-refractivity contribution in [2.45, 2.75) is 12.8 Å². The van der Waals surface area contributed by atoms with E-state index in [1.54, 1.807) is 18.5 Å². The van der Waals surface area contributed by atoms with E-state index in [1.165, 1.54) is 55.2 Å². The Balaban J connectivity index is 0.000000117. The SMILES string of the molecule is O=c1[nH]ccc2c1Cc1cccc(-c3ccc4c(c3)c3ccccc3n4-c3ccccc3)c1-2.O=c1[nH]ccc2c1Cc1cccc(Br)c1-2.OB(O)c1ccc2c(c1)c1ccccc1n2-c1ccccc1. The Morgan fingerprint density at radius 2 is 0.929 bits per heavy atom. The molecule has 14 rings (SSSR count). The van der Waals surface area contributed by atoms with Gasteiger partial charge in [0, 0.05) is 73.8 Å². The zero-order valence-corrected chi connectivity index (χ0v) is 39.2. The van der Waals surface area contributed by atoms with Gasteiger partial charge in [-0.25, -0.2) is 0 Å². The summed E-state index contributed by atoms with van der Waals surface area (Å²) in [6, 6.07) is 66.2. The number of aromatic amines is 2. The lowest BCUT2D eigenvalue weighted by Gasteiger charge is -2.11. The number of aromatic nitrogens is 4. The molecule has 0 amide bonds. The number of hydrogen-bond acceptors (Lipinski definition) is 4. The van der Waals surface area contributed by atoms with E-state index in [4.69, 9.17) is 0 Å². The molecular weight excluding hydrogens is 931 g/mol. The van der Waals surface area contributed by atoms with Gasteiger partial charge in [-0.05, 0) is 123 Å². The lowest BCUT2D eigenvalue weighted by Crippen LogP contribution is -2.29. The van der Waals surface area contributed by atoms with Gasteiger partial charge >= 0.3 is 7.12 Å². The average molecular weight is 974 g/mol. The number of nitrogens with zero attached hydrogens (tertiary/aromatic N) is 2. The highest BCUT2D eigenvalue weighted by molar-refractivity contribution is 9.10. The standard InChI is InChI=1S/C30H20N2O.C18H14BNO2.C12H8BrNO/c33-30-26-18-20-7-6-11-22(29(20)24(26)15-16-31-30)19-13-14-28-25(17-19)23-10-4-5-12-27(23)32(28)21-8-2-1-3-9-21;21-19(22)13-10-11-18-16(12-13)15-8-4-5-9-17(15)20(18)14-6-2-1-3-7-14;13-10-3-1-2-7-6-9-8(11(7)10)4-5-14-12(9)15/h1-17H,18H2,(H,31,33);1-12,21-22H;1-5H,6H2,(H,14,15). The predicted octanol–water partition coefficient (Wildman–Crippen LogP) is 11.9. The van der Waals surface area contributed by atoms with Crippen LogP contribution in [0.2, 0.25) is 0 Å². The van der Waals surface area contributed by atoms with Crippen LogP contribution in [0.25, 0.3) is 88.4 Å². The summed E-state index contributed by atoms with van der Waals surface area (Å²) in [5.74, 6) is 0. The second-order valence-corrected chi connectivity index (χ2v) is 18.5. The fourth-order valence-corrected chi connectivity index (χ4v) is 11.2. The maximum Gasteiger partial charge on any atom is 0.488 e. The molecule has 4 heterocycles. The van der Waals surface area contributed by atoms with Crippen LogP contribution >= 0.6 is 15.9 Å². The molecule has 0 bridgehead atoms. The molecule has 0 aliphatic heterocycles. The number of fused-ring (bicyclic) bond motifs is 12. The van der Waals surface area contributed by atoms with E-state index in [0.29, 0.717) is 11.9 Å². The van der Waals surface area contributed by atoms with Gasteiger partial charge in [-0.2, -0.15) is 0 Å². The quantitative estimate of drug-likeness (QED) is 0.131. The molecule has 8 aromatic carbocycles. The molecule has 0 unspecified atom stereocenters. The smallest absolute Gasteiger partial charge is 0.423 e. The molecule has 336 valence electrons. The van der Waals surface area contributed by atoms with E-state index in [-0.39, 0.29) is 11.1 Å². The molecule has 12 aromatic rings. The molecule has 0 radical (unpaired) electrons. The minimum Gasteiger partial charge on any atom is -0.423 e. The predicted molar refractivity (Wildman–Crippen MR) is 289 cm³/mol. The van der Waals surface area contributed by atoms with E-state index in [9.17, 15) is 19.6 Å². The highest BCUT2D eigenvalue weighted by Gasteiger charge is 2.25. The van der Waals surface area contributed by atoms with Crippen molar-refractivity contribution in [1.29, 1.82) is 0 Å². The Bertz CT molecular complexity index is 4120. The maximum absolute atomic E-state index is 12.4. The first-order chi connectivity index (χ1) is 34.3. The van der Waals surface area contributed by atoms with E-state index >= 15 is 0 Å². The Hall–Kier alpha value is -8.28. The van der Waals surface area contributed by atoms with Crippen LogP contribution in [0.1, 0.15) is 22.3 Å². The summed E-state index contributed by atoms with van der Waals surface area (Å²) >= 11 is 3.53. The van der Waals surface area contributed by atoms with Crippen molar-refractivity contribution in [3.63, 3.8) is 0 Å². The molecule has 10 heteroatoms. The normalized spacial score (nSPS) is 11.9. The van der Waals surface area contributed by atoms with Crippen LogP contribution < -0.4 is 16.6 Å². The number of halogens is 1. The molecular formula is C60H42BBrN4O4. The number of nitrogens with one attached hydrogen (secondary N) is 2. The zero-order chi connectivity index (χ0) is 47.5. The molecule has 2 aliphatic rings. The monoisotopic (exact) mass is 972 g/mol. The molecule has 2 aliphatic carbocycles. The number of H-pyrrole nitrogens is 2. The number of pyridine rings is 2. The maximum atomic E-state index is 12.4. The Morgan fingerprint density at radius 3 is 1.51 bits per heavy atom. The highest BCUT2D eigenvalue weighted by atomic mass is 79.9. The summed E-state index contributed by atoms with van der Waals surface area (Å²) in [6.07, 6.45) is 4.88. The molecule has 0 spiro atoms. The topological polar surface area (TPSA) is 116 Å². The second kappa shape index (κ2) is 17.7. The van der Waals surface area contributed by atoms with Crippen LogP contribution in [-0.4, -0.2) is 36.3 Å². The first-order valence-electron chi connectivity index (χ1n) is 23.2. The molecule has 0 atom stereocenters. The molecule has 70 heavy (non-hydrogen) atoms. The number of benzene rings is 8.